The molecule has 3 atom stereocenters. The van der Waals surface area contributed by atoms with E-state index in [0.29, 0.717) is 17.5 Å². The fourth-order valence-corrected chi connectivity index (χ4v) is 4.19. The second kappa shape index (κ2) is 6.23. The number of hydrogen-bond acceptors (Lipinski definition) is 3. The molecular formula is C21H19FN4O. The van der Waals surface area contributed by atoms with E-state index in [2.05, 4.69) is 20.5 Å². The molecule has 1 saturated heterocycles. The molecule has 1 aliphatic carbocycles. The Balaban J connectivity index is 1.21. The Kier molecular flexibility index (Phi) is 3.70. The van der Waals surface area contributed by atoms with Crippen LogP contribution < -0.4 is 15.5 Å². The average molecular weight is 362 g/mol. The Morgan fingerprint density at radius 2 is 1.89 bits per heavy atom. The van der Waals surface area contributed by atoms with E-state index >= 15 is 0 Å². The molecule has 0 spiro atoms. The Morgan fingerprint density at radius 3 is 2.70 bits per heavy atom. The van der Waals surface area contributed by atoms with Gasteiger partial charge < -0.3 is 15.5 Å². The van der Waals surface area contributed by atoms with Gasteiger partial charge in [0.2, 0.25) is 0 Å². The Hall–Kier alpha value is -3.15. The van der Waals surface area contributed by atoms with E-state index in [9.17, 15) is 9.18 Å². The number of halogens is 1. The summed E-state index contributed by atoms with van der Waals surface area (Å²) >= 11 is 0. The minimum absolute atomic E-state index is 0.157. The first kappa shape index (κ1) is 16.1. The van der Waals surface area contributed by atoms with Crippen molar-refractivity contribution in [3.05, 3.63) is 66.7 Å². The Labute approximate surface area is 156 Å². The zero-order valence-electron chi connectivity index (χ0n) is 14.6. The topological polar surface area (TPSA) is 57.3 Å². The van der Waals surface area contributed by atoms with Gasteiger partial charge in [0, 0.05) is 54.1 Å². The normalized spacial score (nSPS) is 23.1. The van der Waals surface area contributed by atoms with E-state index in [1.54, 1.807) is 18.5 Å². The highest BCUT2D eigenvalue weighted by Gasteiger charge is 2.56. The first-order chi connectivity index (χ1) is 13.2. The van der Waals surface area contributed by atoms with Crippen molar-refractivity contribution >= 4 is 28.2 Å². The number of anilines is 2. The summed E-state index contributed by atoms with van der Waals surface area (Å²) < 4.78 is 13.9. The van der Waals surface area contributed by atoms with E-state index < -0.39 is 0 Å². The summed E-state index contributed by atoms with van der Waals surface area (Å²) in [6, 6.07) is 14.5. The molecule has 27 heavy (non-hydrogen) atoms. The number of benzene rings is 2. The highest BCUT2D eigenvalue weighted by molar-refractivity contribution is 6.01. The van der Waals surface area contributed by atoms with E-state index in [-0.39, 0.29) is 17.9 Å². The molecule has 0 bridgehead atoms. The number of urea groups is 1. The van der Waals surface area contributed by atoms with Crippen LogP contribution in [0.2, 0.25) is 0 Å². The summed E-state index contributed by atoms with van der Waals surface area (Å²) in [5, 5.41) is 7.96. The summed E-state index contributed by atoms with van der Waals surface area (Å²) in [6.45, 7) is 1.55. The van der Waals surface area contributed by atoms with Crippen LogP contribution in [0.3, 0.4) is 0 Å². The van der Waals surface area contributed by atoms with Crippen LogP contribution in [-0.4, -0.2) is 30.1 Å². The van der Waals surface area contributed by atoms with Crippen molar-refractivity contribution in [3.8, 4) is 0 Å². The standard InChI is InChI=1S/C21H19FN4O/c22-17-5-1-2-7-19(17)26-11-15-16(12-26)20(15)25-21(27)24-18-6-3-4-13-10-23-9-8-14(13)18/h1-10,15-16,20H,11-12H2,(H2,24,25,27)/t15-,16?,20?/m0/s1. The van der Waals surface area contributed by atoms with Gasteiger partial charge in [0.15, 0.2) is 0 Å². The van der Waals surface area contributed by atoms with E-state index in [0.717, 1.165) is 29.5 Å². The van der Waals surface area contributed by atoms with E-state index in [4.69, 9.17) is 0 Å². The summed E-state index contributed by atoms with van der Waals surface area (Å²) in [7, 11) is 0. The molecule has 2 aliphatic rings. The predicted octanol–water partition coefficient (Wildman–Crippen LogP) is 3.63. The Morgan fingerprint density at radius 1 is 1.07 bits per heavy atom. The molecule has 2 amide bonds. The minimum Gasteiger partial charge on any atom is -0.368 e. The molecule has 2 unspecified atom stereocenters. The second-order valence-electron chi connectivity index (χ2n) is 7.21. The maximum Gasteiger partial charge on any atom is 0.319 e. The van der Waals surface area contributed by atoms with Crippen molar-refractivity contribution in [2.45, 2.75) is 6.04 Å². The zero-order chi connectivity index (χ0) is 18.4. The number of amides is 2. The maximum atomic E-state index is 13.9. The van der Waals surface area contributed by atoms with Crippen LogP contribution in [0.25, 0.3) is 10.8 Å². The summed E-state index contributed by atoms with van der Waals surface area (Å²) in [6.07, 6.45) is 3.50. The molecule has 6 heteroatoms. The molecular weight excluding hydrogens is 343 g/mol. The quantitative estimate of drug-likeness (QED) is 0.748. The van der Waals surface area contributed by atoms with Gasteiger partial charge in [0.25, 0.3) is 0 Å². The third kappa shape index (κ3) is 2.87. The van der Waals surface area contributed by atoms with Crippen LogP contribution in [0.5, 0.6) is 0 Å². The number of para-hydroxylation sites is 1. The van der Waals surface area contributed by atoms with Gasteiger partial charge in [-0.25, -0.2) is 9.18 Å². The lowest BCUT2D eigenvalue weighted by Crippen LogP contribution is -2.37. The molecule has 136 valence electrons. The van der Waals surface area contributed by atoms with Gasteiger partial charge in [-0.3, -0.25) is 4.98 Å². The van der Waals surface area contributed by atoms with Crippen LogP contribution in [0.1, 0.15) is 0 Å². The number of carbonyl (C=O) groups is 1. The predicted molar refractivity (Wildman–Crippen MR) is 103 cm³/mol. The number of nitrogens with one attached hydrogen (secondary N) is 2. The minimum atomic E-state index is -0.198. The number of rotatable bonds is 3. The van der Waals surface area contributed by atoms with Crippen LogP contribution >= 0.6 is 0 Å². The van der Waals surface area contributed by atoms with Gasteiger partial charge in [-0.2, -0.15) is 0 Å². The summed E-state index contributed by atoms with van der Waals surface area (Å²) in [5.41, 5.74) is 1.42. The second-order valence-corrected chi connectivity index (χ2v) is 7.21. The fourth-order valence-electron chi connectivity index (χ4n) is 4.19. The highest BCUT2D eigenvalue weighted by atomic mass is 19.1. The van der Waals surface area contributed by atoms with Crippen molar-refractivity contribution in [1.29, 1.82) is 0 Å². The van der Waals surface area contributed by atoms with Gasteiger partial charge in [0.1, 0.15) is 5.82 Å². The van der Waals surface area contributed by atoms with Crippen molar-refractivity contribution in [2.24, 2.45) is 11.8 Å². The third-order valence-electron chi connectivity index (χ3n) is 5.61. The molecule has 1 aromatic heterocycles. The molecule has 3 aromatic rings. The summed E-state index contributed by atoms with van der Waals surface area (Å²) in [4.78, 5) is 18.6. The van der Waals surface area contributed by atoms with E-state index in [1.165, 1.54) is 6.07 Å². The lowest BCUT2D eigenvalue weighted by Gasteiger charge is -2.22. The molecule has 5 rings (SSSR count). The first-order valence-electron chi connectivity index (χ1n) is 9.10. The van der Waals surface area contributed by atoms with Crippen LogP contribution in [0, 0.1) is 17.7 Å². The third-order valence-corrected chi connectivity index (χ3v) is 5.61. The maximum absolute atomic E-state index is 13.9. The Bertz CT molecular complexity index is 1010. The zero-order valence-corrected chi connectivity index (χ0v) is 14.6. The highest BCUT2D eigenvalue weighted by Crippen LogP contribution is 2.47. The SMILES string of the molecule is O=C(Nc1cccc2cnccc12)NC1C2CN(c3ccccc3F)C[C@@H]21. The van der Waals surface area contributed by atoms with Gasteiger partial charge in [-0.05, 0) is 24.3 Å². The number of piperidine rings is 1. The molecule has 5 nitrogen and oxygen atoms in total. The van der Waals surface area contributed by atoms with Crippen LogP contribution in [-0.2, 0) is 0 Å². The summed E-state index contributed by atoms with van der Waals surface area (Å²) in [5.74, 6) is 0.575. The van der Waals surface area contributed by atoms with Crippen LogP contribution in [0.4, 0.5) is 20.6 Å². The van der Waals surface area contributed by atoms with Crippen molar-refractivity contribution in [1.82, 2.24) is 10.3 Å². The number of pyridine rings is 1. The number of hydrogen-bond donors (Lipinski definition) is 2. The van der Waals surface area contributed by atoms with Gasteiger partial charge in [-0.1, -0.05) is 24.3 Å². The molecule has 1 saturated carbocycles. The van der Waals surface area contributed by atoms with Crippen molar-refractivity contribution < 1.29 is 9.18 Å². The average Bonchev–Trinajstić information content (AvgIpc) is 3.11. The number of carbonyl (C=O) groups excluding carboxylic acids is 1. The monoisotopic (exact) mass is 362 g/mol. The molecule has 2 heterocycles. The van der Waals surface area contributed by atoms with Gasteiger partial charge >= 0.3 is 6.03 Å². The van der Waals surface area contributed by atoms with E-state index in [1.807, 2.05) is 36.4 Å². The molecule has 2 aromatic carbocycles. The lowest BCUT2D eigenvalue weighted by molar-refractivity contribution is 0.250. The number of aromatic nitrogens is 1. The number of fused-ring (bicyclic) bond motifs is 2. The van der Waals surface area contributed by atoms with Crippen molar-refractivity contribution in [3.63, 3.8) is 0 Å². The van der Waals surface area contributed by atoms with Crippen molar-refractivity contribution in [2.75, 3.05) is 23.3 Å². The molecule has 0 radical (unpaired) electrons. The van der Waals surface area contributed by atoms with Crippen LogP contribution in [0.15, 0.2) is 60.9 Å². The number of nitrogens with zero attached hydrogens (tertiary/aromatic N) is 2. The first-order valence-corrected chi connectivity index (χ1v) is 9.10. The molecule has 2 N–H and O–H groups in total. The lowest BCUT2D eigenvalue weighted by atomic mass is 10.1. The fraction of sp³-hybridized carbons (Fsp3) is 0.238. The van der Waals surface area contributed by atoms with Gasteiger partial charge in [-0.15, -0.1) is 0 Å². The molecule has 1 aliphatic heterocycles. The largest absolute Gasteiger partial charge is 0.368 e. The smallest absolute Gasteiger partial charge is 0.319 e. The van der Waals surface area contributed by atoms with Gasteiger partial charge in [0.05, 0.1) is 11.4 Å². The molecule has 2 fully saturated rings.